The van der Waals surface area contributed by atoms with Crippen molar-refractivity contribution >= 4 is 40.8 Å². The minimum absolute atomic E-state index is 0.360. The third-order valence-electron chi connectivity index (χ3n) is 2.92. The molecule has 0 saturated carbocycles. The Morgan fingerprint density at radius 1 is 1.40 bits per heavy atom. The maximum atomic E-state index is 9.35. The van der Waals surface area contributed by atoms with E-state index in [4.69, 9.17) is 11.6 Å². The first-order valence-corrected chi connectivity index (χ1v) is 8.20. The summed E-state index contributed by atoms with van der Waals surface area (Å²) in [6.07, 6.45) is 5.13. The van der Waals surface area contributed by atoms with Gasteiger partial charge >= 0.3 is 0 Å². The van der Waals surface area contributed by atoms with Gasteiger partial charge in [0.25, 0.3) is 0 Å². The van der Waals surface area contributed by atoms with Gasteiger partial charge in [0.1, 0.15) is 11.8 Å². The zero-order chi connectivity index (χ0) is 13.9. The number of imidazole rings is 1. The van der Waals surface area contributed by atoms with Gasteiger partial charge in [-0.15, -0.1) is 23.5 Å². The summed E-state index contributed by atoms with van der Waals surface area (Å²) in [5.74, 6) is 0.960. The molecule has 1 aliphatic rings. The van der Waals surface area contributed by atoms with Crippen molar-refractivity contribution in [1.82, 2.24) is 9.55 Å². The number of aromatic nitrogens is 2. The van der Waals surface area contributed by atoms with Gasteiger partial charge in [0.15, 0.2) is 0 Å². The zero-order valence-electron chi connectivity index (χ0n) is 10.4. The predicted octanol–water partition coefficient (Wildman–Crippen LogP) is 4.41. The fourth-order valence-electron chi connectivity index (χ4n) is 1.91. The van der Waals surface area contributed by atoms with E-state index in [1.807, 2.05) is 24.3 Å². The third-order valence-corrected chi connectivity index (χ3v) is 6.11. The Morgan fingerprint density at radius 3 is 2.85 bits per heavy atom. The molecule has 100 valence electrons. The average Bonchev–Trinajstić information content (AvgIpc) is 3.12. The van der Waals surface area contributed by atoms with Crippen LogP contribution < -0.4 is 0 Å². The molecule has 3 rings (SSSR count). The molecule has 6 heteroatoms. The smallest absolute Gasteiger partial charge is 0.145 e. The number of benzene rings is 1. The normalized spacial score (nSPS) is 20.7. The molecule has 20 heavy (non-hydrogen) atoms. The maximum Gasteiger partial charge on any atom is 0.145 e. The van der Waals surface area contributed by atoms with E-state index < -0.39 is 0 Å². The number of hydrogen-bond acceptors (Lipinski definition) is 4. The van der Waals surface area contributed by atoms with Crippen LogP contribution in [-0.4, -0.2) is 15.3 Å². The van der Waals surface area contributed by atoms with Gasteiger partial charge in [0, 0.05) is 28.4 Å². The van der Waals surface area contributed by atoms with Crippen molar-refractivity contribution < 1.29 is 0 Å². The van der Waals surface area contributed by atoms with E-state index in [2.05, 4.69) is 11.1 Å². The molecule has 3 nitrogen and oxygen atoms in total. The quantitative estimate of drug-likeness (QED) is 0.769. The standard InChI is InChI=1S/C14H10ClN3S2/c15-11-3-1-10(2-4-11)13-8-19-14(20-13)12(7-16)18-6-5-17-9-18/h1-6,9,13H,8H2/t13-/m0/s1. The van der Waals surface area contributed by atoms with Crippen molar-refractivity contribution in [2.75, 3.05) is 5.75 Å². The molecule has 0 bridgehead atoms. The van der Waals surface area contributed by atoms with Crippen LogP contribution in [0.25, 0.3) is 5.70 Å². The largest absolute Gasteiger partial charge is 0.296 e. The summed E-state index contributed by atoms with van der Waals surface area (Å²) in [6, 6.07) is 10.2. The number of nitrogens with zero attached hydrogens (tertiary/aromatic N) is 3. The molecular formula is C14H10ClN3S2. The van der Waals surface area contributed by atoms with E-state index in [9.17, 15) is 5.26 Å². The Kier molecular flexibility index (Phi) is 4.06. The van der Waals surface area contributed by atoms with Gasteiger partial charge in [-0.1, -0.05) is 23.7 Å². The van der Waals surface area contributed by atoms with E-state index in [0.29, 0.717) is 10.9 Å². The first-order chi connectivity index (χ1) is 9.78. The van der Waals surface area contributed by atoms with Gasteiger partial charge in [-0.2, -0.15) is 5.26 Å². The monoisotopic (exact) mass is 319 g/mol. The summed E-state index contributed by atoms with van der Waals surface area (Å²) < 4.78 is 2.81. The molecule has 1 aromatic heterocycles. The minimum Gasteiger partial charge on any atom is -0.296 e. The summed E-state index contributed by atoms with van der Waals surface area (Å²) in [6.45, 7) is 0. The fourth-order valence-corrected chi connectivity index (χ4v) is 4.94. The Hall–Kier alpha value is -1.35. The number of hydrogen-bond donors (Lipinski definition) is 0. The first-order valence-electron chi connectivity index (χ1n) is 5.95. The van der Waals surface area contributed by atoms with Crippen LogP contribution in [0.5, 0.6) is 0 Å². The minimum atomic E-state index is 0.360. The van der Waals surface area contributed by atoms with Crippen LogP contribution in [0.4, 0.5) is 0 Å². The topological polar surface area (TPSA) is 41.6 Å². The molecule has 0 spiro atoms. The van der Waals surface area contributed by atoms with Gasteiger partial charge in [-0.05, 0) is 17.7 Å². The molecule has 0 amide bonds. The highest BCUT2D eigenvalue weighted by Gasteiger charge is 2.26. The predicted molar refractivity (Wildman–Crippen MR) is 85.3 cm³/mol. The third kappa shape index (κ3) is 2.73. The second-order valence-corrected chi connectivity index (χ2v) is 7.12. The van der Waals surface area contributed by atoms with Crippen molar-refractivity contribution in [1.29, 1.82) is 5.26 Å². The van der Waals surface area contributed by atoms with E-state index in [1.54, 1.807) is 46.8 Å². The Morgan fingerprint density at radius 2 is 2.20 bits per heavy atom. The van der Waals surface area contributed by atoms with E-state index in [-0.39, 0.29) is 0 Å². The molecule has 1 atom stereocenters. The lowest BCUT2D eigenvalue weighted by molar-refractivity contribution is 1.10. The number of nitriles is 1. The van der Waals surface area contributed by atoms with Crippen LogP contribution in [-0.2, 0) is 0 Å². The molecule has 1 aromatic carbocycles. The second kappa shape index (κ2) is 5.96. The summed E-state index contributed by atoms with van der Waals surface area (Å²) in [5.41, 5.74) is 1.89. The molecule has 0 unspecified atom stereocenters. The summed E-state index contributed by atoms with van der Waals surface area (Å²) in [4.78, 5) is 3.99. The van der Waals surface area contributed by atoms with Crippen LogP contribution in [0.15, 0.2) is 47.2 Å². The van der Waals surface area contributed by atoms with Crippen molar-refractivity contribution in [3.8, 4) is 6.07 Å². The van der Waals surface area contributed by atoms with Gasteiger partial charge in [0.2, 0.25) is 0 Å². The molecule has 0 N–H and O–H groups in total. The Bertz CT molecular complexity index is 671. The van der Waals surface area contributed by atoms with Crippen LogP contribution in [0.2, 0.25) is 5.02 Å². The lowest BCUT2D eigenvalue weighted by Gasteiger charge is -2.08. The van der Waals surface area contributed by atoms with E-state index >= 15 is 0 Å². The molecule has 1 saturated heterocycles. The summed E-state index contributed by atoms with van der Waals surface area (Å²) >= 11 is 9.36. The Labute approximate surface area is 130 Å². The van der Waals surface area contributed by atoms with E-state index in [1.165, 1.54) is 5.56 Å². The van der Waals surface area contributed by atoms with Crippen LogP contribution in [0, 0.1) is 11.3 Å². The van der Waals surface area contributed by atoms with Crippen molar-refractivity contribution in [2.24, 2.45) is 0 Å². The molecule has 2 aromatic rings. The highest BCUT2D eigenvalue weighted by molar-refractivity contribution is 8.25. The molecule has 0 aliphatic carbocycles. The molecule has 1 fully saturated rings. The van der Waals surface area contributed by atoms with Gasteiger partial charge in [0.05, 0.1) is 10.6 Å². The summed E-state index contributed by atoms with van der Waals surface area (Å²) in [5, 5.41) is 10.5. The maximum absolute atomic E-state index is 9.35. The highest BCUT2D eigenvalue weighted by Crippen LogP contribution is 2.52. The van der Waals surface area contributed by atoms with Crippen molar-refractivity contribution in [3.05, 3.63) is 57.8 Å². The van der Waals surface area contributed by atoms with Crippen LogP contribution in [0.1, 0.15) is 10.8 Å². The number of rotatable bonds is 2. The zero-order valence-corrected chi connectivity index (χ0v) is 12.8. The van der Waals surface area contributed by atoms with E-state index in [0.717, 1.165) is 15.0 Å². The summed E-state index contributed by atoms with van der Waals surface area (Å²) in [7, 11) is 0. The van der Waals surface area contributed by atoms with Crippen LogP contribution >= 0.6 is 35.1 Å². The first kappa shape index (κ1) is 13.6. The van der Waals surface area contributed by atoms with Crippen LogP contribution in [0.3, 0.4) is 0 Å². The molecular weight excluding hydrogens is 310 g/mol. The van der Waals surface area contributed by atoms with Crippen molar-refractivity contribution in [2.45, 2.75) is 5.25 Å². The SMILES string of the molecule is N#CC(=C1SC[C@@H](c2ccc(Cl)cc2)S1)n1ccnc1. The number of allylic oxidation sites excluding steroid dienone is 1. The van der Waals surface area contributed by atoms with Gasteiger partial charge < -0.3 is 0 Å². The Balaban J connectivity index is 1.86. The lowest BCUT2D eigenvalue weighted by atomic mass is 10.2. The van der Waals surface area contributed by atoms with Gasteiger partial charge in [-0.25, -0.2) is 4.98 Å². The molecule has 2 heterocycles. The number of thioether (sulfide) groups is 2. The molecule has 0 radical (unpaired) electrons. The molecule has 1 aliphatic heterocycles. The highest BCUT2D eigenvalue weighted by atomic mass is 35.5. The second-order valence-electron chi connectivity index (χ2n) is 4.19. The number of halogens is 1. The lowest BCUT2D eigenvalue weighted by Crippen LogP contribution is -1.92. The average molecular weight is 320 g/mol. The van der Waals surface area contributed by atoms with Gasteiger partial charge in [-0.3, -0.25) is 4.57 Å². The van der Waals surface area contributed by atoms with Crippen molar-refractivity contribution in [3.63, 3.8) is 0 Å². The fraction of sp³-hybridized carbons (Fsp3) is 0.143.